The first-order valence-corrected chi connectivity index (χ1v) is 7.21. The molecule has 0 atom stereocenters. The number of benzene rings is 1. The van der Waals surface area contributed by atoms with Gasteiger partial charge in [0.1, 0.15) is 0 Å². The van der Waals surface area contributed by atoms with Crippen molar-refractivity contribution < 1.29 is 39.0 Å². The number of hydrogen-bond donors (Lipinski definition) is 0. The summed E-state index contributed by atoms with van der Waals surface area (Å²) in [5, 5.41) is 20.0. The van der Waals surface area contributed by atoms with Crippen LogP contribution >= 0.6 is 0 Å². The number of carbonyl (C=O) groups is 2. The molecule has 2 heterocycles. The molecule has 0 fully saturated rings. The van der Waals surface area contributed by atoms with Gasteiger partial charge in [0.2, 0.25) is 0 Å². The van der Waals surface area contributed by atoms with Gasteiger partial charge in [-0.1, -0.05) is 0 Å². The van der Waals surface area contributed by atoms with E-state index in [2.05, 4.69) is 47.4 Å². The third kappa shape index (κ3) is 6.51. The number of carbonyl (C=O) groups excluding carboxylic acids is 2. The predicted octanol–water partition coefficient (Wildman–Crippen LogP) is -0.532. The zero-order valence-corrected chi connectivity index (χ0v) is 13.9. The van der Waals surface area contributed by atoms with Crippen LogP contribution < -0.4 is 14.4 Å². The molecule has 0 aliphatic heterocycles. The second-order valence-electron chi connectivity index (χ2n) is 4.30. The second kappa shape index (κ2) is 8.93. The molecule has 0 aliphatic carbocycles. The van der Waals surface area contributed by atoms with E-state index in [0.29, 0.717) is 0 Å². The van der Waals surface area contributed by atoms with Crippen LogP contribution in [0.4, 0.5) is 0 Å². The number of hydrogen-bond acceptors (Lipinski definition) is 6. The molecule has 3 rings (SSSR count). The average molecular weight is 404 g/mol. The van der Waals surface area contributed by atoms with Crippen molar-refractivity contribution in [2.75, 3.05) is 0 Å². The molecule has 0 amide bonds. The third-order valence-corrected chi connectivity index (χ3v) is 2.81. The molecule has 0 spiro atoms. The quantitative estimate of drug-likeness (QED) is 0.369. The number of aliphatic carboxylic acids is 2. The van der Waals surface area contributed by atoms with Crippen molar-refractivity contribution in [2.24, 2.45) is 0 Å². The summed E-state index contributed by atoms with van der Waals surface area (Å²) in [5.74, 6) is -2.17. The first kappa shape index (κ1) is 18.7. The van der Waals surface area contributed by atoms with Crippen molar-refractivity contribution in [3.63, 3.8) is 0 Å². The van der Waals surface area contributed by atoms with Gasteiger partial charge in [-0.25, -0.2) is 0 Å². The van der Waals surface area contributed by atoms with E-state index < -0.39 is 11.9 Å². The first-order chi connectivity index (χ1) is 10.8. The summed E-state index contributed by atoms with van der Waals surface area (Å²) in [6.45, 7) is 1.94. The van der Waals surface area contributed by atoms with Gasteiger partial charge in [0, 0.05) is 11.9 Å². The SMILES string of the molecule is CC(=O)[O-].CC(=O)[O-].[Pd+2][c]1ccc2ccc3cccnc3c2n1. The third-order valence-electron chi connectivity index (χ3n) is 2.38. The van der Waals surface area contributed by atoms with Gasteiger partial charge in [0.25, 0.3) is 0 Å². The number of pyridine rings is 2. The van der Waals surface area contributed by atoms with E-state index in [0.717, 1.165) is 39.8 Å². The Bertz CT molecular complexity index is 817. The fourth-order valence-corrected chi connectivity index (χ4v) is 1.99. The van der Waals surface area contributed by atoms with E-state index in [1.54, 1.807) is 6.20 Å². The molecule has 0 radical (unpaired) electrons. The Labute approximate surface area is 143 Å². The molecule has 0 N–H and O–H groups in total. The zero-order valence-electron chi connectivity index (χ0n) is 12.4. The number of rotatable bonds is 0. The summed E-state index contributed by atoms with van der Waals surface area (Å²) < 4.78 is 0.878. The normalized spacial score (nSPS) is 9.35. The molecule has 0 aliphatic rings. The minimum absolute atomic E-state index is 0.878. The van der Waals surface area contributed by atoms with Crippen molar-refractivity contribution in [1.82, 2.24) is 9.97 Å². The van der Waals surface area contributed by atoms with Gasteiger partial charge in [0.15, 0.2) is 0 Å². The van der Waals surface area contributed by atoms with Crippen LogP contribution in [0.15, 0.2) is 42.6 Å². The molecule has 0 bridgehead atoms. The van der Waals surface area contributed by atoms with E-state index in [4.69, 9.17) is 19.8 Å². The Kier molecular flexibility index (Phi) is 7.26. The van der Waals surface area contributed by atoms with Crippen LogP contribution in [-0.2, 0) is 28.8 Å². The topological polar surface area (TPSA) is 106 Å². The second-order valence-corrected chi connectivity index (χ2v) is 5.09. The standard InChI is InChI=1S/C12H7N2.2C2H4O2.Pd/c1-3-9-5-6-10-4-2-8-14-12(10)11(9)13-7-1;2*1-2(3)4;/h1-7H;2*1H3,(H,3,4);/q;;;+2/p-2. The summed E-state index contributed by atoms with van der Waals surface area (Å²) in [6, 6.07) is 12.1. The Balaban J connectivity index is 0.000000281. The van der Waals surface area contributed by atoms with Gasteiger partial charge in [-0.2, -0.15) is 0 Å². The Morgan fingerprint density at radius 3 is 1.96 bits per heavy atom. The van der Waals surface area contributed by atoms with Crippen LogP contribution in [0.5, 0.6) is 0 Å². The number of fused-ring (bicyclic) bond motifs is 3. The van der Waals surface area contributed by atoms with Crippen LogP contribution in [0.3, 0.4) is 0 Å². The fraction of sp³-hybridized carbons (Fsp3) is 0.125. The molecule has 121 valence electrons. The Hall–Kier alpha value is -2.36. The molecule has 3 aromatic rings. The number of carboxylic acid groups (broad SMARTS) is 2. The van der Waals surface area contributed by atoms with Crippen LogP contribution in [0, 0.1) is 0 Å². The number of carboxylic acids is 2. The summed E-state index contributed by atoms with van der Waals surface area (Å²) in [7, 11) is 0. The van der Waals surface area contributed by atoms with E-state index in [1.165, 1.54) is 0 Å². The molecule has 23 heavy (non-hydrogen) atoms. The maximum atomic E-state index is 8.89. The van der Waals surface area contributed by atoms with E-state index in [-0.39, 0.29) is 0 Å². The minimum atomic E-state index is -1.08. The summed E-state index contributed by atoms with van der Waals surface area (Å²) in [5.41, 5.74) is 1.92. The van der Waals surface area contributed by atoms with Gasteiger partial charge in [-0.15, -0.1) is 0 Å². The van der Waals surface area contributed by atoms with E-state index >= 15 is 0 Å². The van der Waals surface area contributed by atoms with Crippen LogP contribution in [0.1, 0.15) is 13.8 Å². The van der Waals surface area contributed by atoms with Crippen LogP contribution in [-0.4, -0.2) is 21.9 Å². The van der Waals surface area contributed by atoms with Gasteiger partial charge in [0.05, 0.1) is 0 Å². The van der Waals surface area contributed by atoms with E-state index in [9.17, 15) is 0 Å². The van der Waals surface area contributed by atoms with Crippen molar-refractivity contribution in [3.8, 4) is 0 Å². The molecular formula is C16H13N2O4Pd. The van der Waals surface area contributed by atoms with Crippen LogP contribution in [0.2, 0.25) is 0 Å². The monoisotopic (exact) mass is 403 g/mol. The molecule has 1 aromatic carbocycles. The molecule has 0 saturated heterocycles. The summed E-state index contributed by atoms with van der Waals surface area (Å²) in [6.07, 6.45) is 1.80. The molecule has 6 nitrogen and oxygen atoms in total. The Morgan fingerprint density at radius 1 is 0.913 bits per heavy atom. The zero-order chi connectivity index (χ0) is 17.4. The molecule has 0 saturated carbocycles. The van der Waals surface area contributed by atoms with Crippen molar-refractivity contribution in [1.29, 1.82) is 0 Å². The van der Waals surface area contributed by atoms with Crippen molar-refractivity contribution in [2.45, 2.75) is 13.8 Å². The van der Waals surface area contributed by atoms with Crippen molar-refractivity contribution in [3.05, 3.63) is 42.6 Å². The molecular weight excluding hydrogens is 391 g/mol. The predicted molar refractivity (Wildman–Crippen MR) is 78.0 cm³/mol. The Morgan fingerprint density at radius 2 is 1.39 bits per heavy atom. The molecule has 7 heteroatoms. The first-order valence-electron chi connectivity index (χ1n) is 6.43. The van der Waals surface area contributed by atoms with Crippen molar-refractivity contribution >= 4 is 37.9 Å². The maximum absolute atomic E-state index is 8.89. The van der Waals surface area contributed by atoms with Gasteiger partial charge < -0.3 is 19.8 Å². The average Bonchev–Trinajstić information content (AvgIpc) is 2.46. The van der Waals surface area contributed by atoms with Gasteiger partial charge in [-0.3, -0.25) is 0 Å². The summed E-state index contributed by atoms with van der Waals surface area (Å²) in [4.78, 5) is 26.6. The fourth-order valence-electron chi connectivity index (χ4n) is 1.69. The number of nitrogens with zero attached hydrogens (tertiary/aromatic N) is 2. The molecule has 2 aromatic heterocycles. The van der Waals surface area contributed by atoms with Crippen LogP contribution in [0.25, 0.3) is 21.8 Å². The molecule has 0 unspecified atom stereocenters. The van der Waals surface area contributed by atoms with Gasteiger partial charge >= 0.3 is 97.7 Å². The summed E-state index contributed by atoms with van der Waals surface area (Å²) >= 11 is 3.10. The number of aromatic nitrogens is 2. The van der Waals surface area contributed by atoms with Gasteiger partial charge in [-0.05, 0) is 13.8 Å². The van der Waals surface area contributed by atoms with E-state index in [1.807, 2.05) is 18.2 Å².